The van der Waals surface area contributed by atoms with E-state index in [0.29, 0.717) is 24.9 Å². The summed E-state index contributed by atoms with van der Waals surface area (Å²) in [6.45, 7) is 2.54. The number of carboxylic acids is 1. The third kappa shape index (κ3) is 3.15. The number of hydrogen-bond donors (Lipinski definition) is 1. The molecule has 20 heavy (non-hydrogen) atoms. The summed E-state index contributed by atoms with van der Waals surface area (Å²) >= 11 is 0. The van der Waals surface area contributed by atoms with E-state index in [1.54, 1.807) is 24.0 Å². The van der Waals surface area contributed by atoms with Crippen LogP contribution in [-0.4, -0.2) is 35.0 Å². The van der Waals surface area contributed by atoms with Gasteiger partial charge in [0.05, 0.1) is 11.8 Å². The average molecular weight is 279 g/mol. The Hall–Kier alpha value is -1.91. The first-order valence-electron chi connectivity index (χ1n) is 6.76. The van der Waals surface area contributed by atoms with Gasteiger partial charge in [-0.15, -0.1) is 0 Å². The third-order valence-corrected chi connectivity index (χ3v) is 3.80. The number of rotatable bonds is 3. The van der Waals surface area contributed by atoms with Crippen molar-refractivity contribution in [1.82, 2.24) is 4.90 Å². The minimum atomic E-state index is -0.860. The molecule has 1 aliphatic heterocycles. The smallest absolute Gasteiger partial charge is 0.308 e. The Balaban J connectivity index is 2.08. The van der Waals surface area contributed by atoms with Gasteiger partial charge in [0.15, 0.2) is 0 Å². The number of carbonyl (C=O) groups is 2. The van der Waals surface area contributed by atoms with E-state index in [-0.39, 0.29) is 18.3 Å². The molecular weight excluding hydrogens is 261 g/mol. The van der Waals surface area contributed by atoms with E-state index < -0.39 is 17.8 Å². The Morgan fingerprint density at radius 1 is 1.45 bits per heavy atom. The fourth-order valence-electron chi connectivity index (χ4n) is 2.57. The summed E-state index contributed by atoms with van der Waals surface area (Å²) in [5, 5.41) is 9.04. The van der Waals surface area contributed by atoms with Crippen LogP contribution < -0.4 is 0 Å². The van der Waals surface area contributed by atoms with E-state index >= 15 is 0 Å². The summed E-state index contributed by atoms with van der Waals surface area (Å²) in [4.78, 5) is 25.0. The first-order valence-corrected chi connectivity index (χ1v) is 6.76. The Bertz CT molecular complexity index is 518. The van der Waals surface area contributed by atoms with Crippen LogP contribution in [0.15, 0.2) is 24.3 Å². The molecule has 0 aliphatic carbocycles. The molecule has 0 spiro atoms. The van der Waals surface area contributed by atoms with Crippen molar-refractivity contribution in [3.8, 4) is 0 Å². The number of halogens is 1. The van der Waals surface area contributed by atoms with E-state index in [1.165, 1.54) is 12.1 Å². The molecule has 4 nitrogen and oxygen atoms in total. The van der Waals surface area contributed by atoms with Crippen LogP contribution in [0.5, 0.6) is 0 Å². The standard InChI is InChI=1S/C15H18FNO3/c1-10(11-4-2-6-13(16)8-11)14(18)17-7-3-5-12(9-17)15(19)20/h2,4,6,8,10,12H,3,5,7,9H2,1H3,(H,19,20)/t10?,12-/m0/s1. The maximum absolute atomic E-state index is 13.2. The summed E-state index contributed by atoms with van der Waals surface area (Å²) in [5.41, 5.74) is 0.618. The van der Waals surface area contributed by atoms with Gasteiger partial charge in [-0.25, -0.2) is 4.39 Å². The zero-order valence-corrected chi connectivity index (χ0v) is 11.4. The molecule has 0 saturated carbocycles. The molecule has 1 amide bonds. The van der Waals surface area contributed by atoms with Crippen molar-refractivity contribution in [3.05, 3.63) is 35.6 Å². The molecule has 0 bridgehead atoms. The molecular formula is C15H18FNO3. The molecule has 1 aromatic rings. The highest BCUT2D eigenvalue weighted by atomic mass is 19.1. The van der Waals surface area contributed by atoms with Crippen LogP contribution in [0.2, 0.25) is 0 Å². The molecule has 0 aromatic heterocycles. The molecule has 1 fully saturated rings. The Kier molecular flexibility index (Phi) is 4.37. The van der Waals surface area contributed by atoms with Gasteiger partial charge in [0.1, 0.15) is 5.82 Å². The zero-order chi connectivity index (χ0) is 14.7. The molecule has 2 rings (SSSR count). The first kappa shape index (κ1) is 14.5. The molecule has 1 saturated heterocycles. The average Bonchev–Trinajstić information content (AvgIpc) is 2.45. The van der Waals surface area contributed by atoms with Crippen molar-refractivity contribution in [2.24, 2.45) is 5.92 Å². The lowest BCUT2D eigenvalue weighted by Crippen LogP contribution is -2.43. The van der Waals surface area contributed by atoms with Crippen LogP contribution >= 0.6 is 0 Å². The van der Waals surface area contributed by atoms with Crippen LogP contribution in [-0.2, 0) is 9.59 Å². The minimum absolute atomic E-state index is 0.137. The van der Waals surface area contributed by atoms with Gasteiger partial charge in [0, 0.05) is 13.1 Å². The number of carbonyl (C=O) groups excluding carboxylic acids is 1. The lowest BCUT2D eigenvalue weighted by Gasteiger charge is -2.32. The fourth-order valence-corrected chi connectivity index (χ4v) is 2.57. The van der Waals surface area contributed by atoms with Gasteiger partial charge in [-0.2, -0.15) is 0 Å². The number of aliphatic carboxylic acids is 1. The van der Waals surface area contributed by atoms with E-state index in [0.717, 1.165) is 0 Å². The van der Waals surface area contributed by atoms with Crippen molar-refractivity contribution >= 4 is 11.9 Å². The number of nitrogens with zero attached hydrogens (tertiary/aromatic N) is 1. The van der Waals surface area contributed by atoms with Gasteiger partial charge >= 0.3 is 5.97 Å². The number of hydrogen-bond acceptors (Lipinski definition) is 2. The van der Waals surface area contributed by atoms with Crippen LogP contribution in [0.25, 0.3) is 0 Å². The summed E-state index contributed by atoms with van der Waals surface area (Å²) in [6, 6.07) is 5.97. The monoisotopic (exact) mass is 279 g/mol. The molecule has 1 aromatic carbocycles. The summed E-state index contributed by atoms with van der Waals surface area (Å²) in [5.74, 6) is -2.32. The molecule has 2 atom stereocenters. The summed E-state index contributed by atoms with van der Waals surface area (Å²) < 4.78 is 13.2. The van der Waals surface area contributed by atoms with Crippen LogP contribution in [0.3, 0.4) is 0 Å². The Labute approximate surface area is 117 Å². The van der Waals surface area contributed by atoms with Gasteiger partial charge < -0.3 is 10.0 Å². The number of amides is 1. The third-order valence-electron chi connectivity index (χ3n) is 3.80. The first-order chi connectivity index (χ1) is 9.49. The van der Waals surface area contributed by atoms with Crippen LogP contribution in [0.1, 0.15) is 31.2 Å². The highest BCUT2D eigenvalue weighted by molar-refractivity contribution is 5.84. The number of piperidine rings is 1. The highest BCUT2D eigenvalue weighted by Gasteiger charge is 2.30. The van der Waals surface area contributed by atoms with E-state index in [2.05, 4.69) is 0 Å². The van der Waals surface area contributed by atoms with Crippen molar-refractivity contribution < 1.29 is 19.1 Å². The largest absolute Gasteiger partial charge is 0.481 e. The molecule has 108 valence electrons. The van der Waals surface area contributed by atoms with Gasteiger partial charge in [-0.3, -0.25) is 9.59 Å². The number of benzene rings is 1. The molecule has 1 unspecified atom stereocenters. The van der Waals surface area contributed by atoms with E-state index in [9.17, 15) is 14.0 Å². The molecule has 5 heteroatoms. The lowest BCUT2D eigenvalue weighted by atomic mass is 9.94. The van der Waals surface area contributed by atoms with Gasteiger partial charge in [0.2, 0.25) is 5.91 Å². The maximum atomic E-state index is 13.2. The number of likely N-dealkylation sites (tertiary alicyclic amines) is 1. The van der Waals surface area contributed by atoms with E-state index in [1.807, 2.05) is 0 Å². The predicted molar refractivity (Wildman–Crippen MR) is 71.8 cm³/mol. The van der Waals surface area contributed by atoms with Gasteiger partial charge in [-0.05, 0) is 37.5 Å². The normalized spacial score (nSPS) is 20.5. The van der Waals surface area contributed by atoms with E-state index in [4.69, 9.17) is 5.11 Å². The fraction of sp³-hybridized carbons (Fsp3) is 0.467. The lowest BCUT2D eigenvalue weighted by molar-refractivity contribution is -0.146. The second-order valence-corrected chi connectivity index (χ2v) is 5.24. The topological polar surface area (TPSA) is 57.6 Å². The molecule has 1 aliphatic rings. The summed E-state index contributed by atoms with van der Waals surface area (Å²) in [7, 11) is 0. The predicted octanol–water partition coefficient (Wildman–Crippen LogP) is 2.25. The summed E-state index contributed by atoms with van der Waals surface area (Å²) in [6.07, 6.45) is 1.30. The minimum Gasteiger partial charge on any atom is -0.481 e. The quantitative estimate of drug-likeness (QED) is 0.923. The Morgan fingerprint density at radius 3 is 2.85 bits per heavy atom. The van der Waals surface area contributed by atoms with Crippen LogP contribution in [0, 0.1) is 11.7 Å². The Morgan fingerprint density at radius 2 is 2.20 bits per heavy atom. The second-order valence-electron chi connectivity index (χ2n) is 5.24. The number of carboxylic acid groups (broad SMARTS) is 1. The maximum Gasteiger partial charge on any atom is 0.308 e. The second kappa shape index (κ2) is 6.03. The van der Waals surface area contributed by atoms with Crippen molar-refractivity contribution in [1.29, 1.82) is 0 Å². The molecule has 1 heterocycles. The SMILES string of the molecule is CC(C(=O)N1CCC[C@H](C(=O)O)C1)c1cccc(F)c1. The highest BCUT2D eigenvalue weighted by Crippen LogP contribution is 2.23. The van der Waals surface area contributed by atoms with Gasteiger partial charge in [-0.1, -0.05) is 12.1 Å². The van der Waals surface area contributed by atoms with Gasteiger partial charge in [0.25, 0.3) is 0 Å². The van der Waals surface area contributed by atoms with Crippen LogP contribution in [0.4, 0.5) is 4.39 Å². The van der Waals surface area contributed by atoms with Crippen molar-refractivity contribution in [2.75, 3.05) is 13.1 Å². The van der Waals surface area contributed by atoms with Crippen molar-refractivity contribution in [3.63, 3.8) is 0 Å². The zero-order valence-electron chi connectivity index (χ0n) is 11.4. The molecule has 1 N–H and O–H groups in total. The van der Waals surface area contributed by atoms with Crippen molar-refractivity contribution in [2.45, 2.75) is 25.7 Å². The molecule has 0 radical (unpaired) electrons.